The molecule has 26 heavy (non-hydrogen) atoms. The van der Waals surface area contributed by atoms with Crippen molar-refractivity contribution in [3.8, 4) is 0 Å². The van der Waals surface area contributed by atoms with Crippen molar-refractivity contribution >= 4 is 44.1 Å². The molecule has 6 nitrogen and oxygen atoms in total. The van der Waals surface area contributed by atoms with Crippen molar-refractivity contribution in [2.45, 2.75) is 18.2 Å². The molecule has 1 heterocycles. The van der Waals surface area contributed by atoms with Crippen LogP contribution in [-0.4, -0.2) is 31.6 Å². The number of ketones is 1. The number of anilines is 2. The summed E-state index contributed by atoms with van der Waals surface area (Å²) >= 11 is 0.950. The molecule has 0 spiro atoms. The number of hydrogen-bond donors (Lipinski definition) is 2. The molecule has 136 valence electrons. The molecule has 0 saturated carbocycles. The van der Waals surface area contributed by atoms with Gasteiger partial charge in [-0.15, -0.1) is 0 Å². The molecule has 0 bridgehead atoms. The average Bonchev–Trinajstić information content (AvgIpc) is 3.07. The molecule has 0 aliphatic carbocycles. The highest BCUT2D eigenvalue weighted by Gasteiger charge is 2.18. The molecule has 3 rings (SSSR count). The molecule has 0 radical (unpaired) electrons. The first kappa shape index (κ1) is 18.5. The fraction of sp³-hybridized carbons (Fsp3) is 0.222. The molecule has 0 aromatic heterocycles. The van der Waals surface area contributed by atoms with E-state index in [1.165, 1.54) is 19.1 Å². The van der Waals surface area contributed by atoms with Crippen molar-refractivity contribution in [2.24, 2.45) is 0 Å². The topological polar surface area (TPSA) is 92.3 Å². The molecule has 1 aliphatic heterocycles. The number of benzene rings is 2. The van der Waals surface area contributed by atoms with Gasteiger partial charge in [-0.3, -0.25) is 14.3 Å². The third-order valence-electron chi connectivity index (χ3n) is 3.96. The average molecular weight is 390 g/mol. The van der Waals surface area contributed by atoms with E-state index in [9.17, 15) is 18.0 Å². The zero-order valence-electron chi connectivity index (χ0n) is 14.1. The van der Waals surface area contributed by atoms with Crippen molar-refractivity contribution in [1.82, 2.24) is 0 Å². The third-order valence-corrected chi connectivity index (χ3v) is 6.15. The summed E-state index contributed by atoms with van der Waals surface area (Å²) in [5, 5.41) is 3.07. The molecule has 2 N–H and O–H groups in total. The summed E-state index contributed by atoms with van der Waals surface area (Å²) in [6.07, 6.45) is 0.799. The van der Waals surface area contributed by atoms with E-state index in [1.54, 1.807) is 30.3 Å². The lowest BCUT2D eigenvalue weighted by molar-refractivity contribution is -0.109. The van der Waals surface area contributed by atoms with Crippen LogP contribution in [0.3, 0.4) is 0 Å². The van der Waals surface area contributed by atoms with Crippen LogP contribution in [0.4, 0.5) is 11.4 Å². The zero-order chi connectivity index (χ0) is 18.7. The van der Waals surface area contributed by atoms with E-state index in [2.05, 4.69) is 10.0 Å². The first-order chi connectivity index (χ1) is 12.3. The Morgan fingerprint density at radius 1 is 1.15 bits per heavy atom. The van der Waals surface area contributed by atoms with Gasteiger partial charge in [-0.1, -0.05) is 11.8 Å². The van der Waals surface area contributed by atoms with Gasteiger partial charge in [0.25, 0.3) is 10.0 Å². The Morgan fingerprint density at radius 3 is 2.58 bits per heavy atom. The van der Waals surface area contributed by atoms with Crippen LogP contribution in [0.25, 0.3) is 0 Å². The molecule has 0 atom stereocenters. The minimum absolute atomic E-state index is 0.0730. The second-order valence-corrected chi connectivity index (χ2v) is 8.72. The van der Waals surface area contributed by atoms with Gasteiger partial charge in [0.15, 0.2) is 10.9 Å². The van der Waals surface area contributed by atoms with Crippen LogP contribution >= 0.6 is 11.8 Å². The molecule has 0 unspecified atom stereocenters. The van der Waals surface area contributed by atoms with Crippen molar-refractivity contribution in [3.63, 3.8) is 0 Å². The first-order valence-electron chi connectivity index (χ1n) is 8.01. The summed E-state index contributed by atoms with van der Waals surface area (Å²) in [5.41, 5.74) is 2.76. The predicted molar refractivity (Wildman–Crippen MR) is 103 cm³/mol. The van der Waals surface area contributed by atoms with Crippen LogP contribution in [0.2, 0.25) is 0 Å². The minimum Gasteiger partial charge on any atom is -0.384 e. The van der Waals surface area contributed by atoms with Gasteiger partial charge in [0, 0.05) is 30.4 Å². The van der Waals surface area contributed by atoms with Crippen LogP contribution in [0.15, 0.2) is 47.4 Å². The first-order valence-corrected chi connectivity index (χ1v) is 10.5. The van der Waals surface area contributed by atoms with E-state index in [0.29, 0.717) is 11.3 Å². The van der Waals surface area contributed by atoms with Gasteiger partial charge >= 0.3 is 0 Å². The number of sulfonamides is 1. The second kappa shape index (κ2) is 7.51. The molecule has 1 aliphatic rings. The standard InChI is InChI=1S/C18H18N2O4S2/c1-12(21)25-11-18(22)13-2-4-15(5-3-13)20-26(23,24)16-6-7-17-14(10-16)8-9-19-17/h2-7,10,19-20H,8-9,11H2,1H3. The van der Waals surface area contributed by atoms with Crippen molar-refractivity contribution in [3.05, 3.63) is 53.6 Å². The predicted octanol–water partition coefficient (Wildman–Crippen LogP) is 2.92. The van der Waals surface area contributed by atoms with Crippen LogP contribution < -0.4 is 10.0 Å². The number of nitrogens with one attached hydrogen (secondary N) is 2. The van der Waals surface area contributed by atoms with Crippen molar-refractivity contribution in [2.75, 3.05) is 22.3 Å². The molecule has 0 saturated heterocycles. The molecule has 2 aromatic rings. The van der Waals surface area contributed by atoms with Gasteiger partial charge in [-0.25, -0.2) is 8.42 Å². The van der Waals surface area contributed by atoms with Crippen LogP contribution in [0.5, 0.6) is 0 Å². The van der Waals surface area contributed by atoms with Crippen LogP contribution in [0, 0.1) is 0 Å². The Morgan fingerprint density at radius 2 is 1.88 bits per heavy atom. The van der Waals surface area contributed by atoms with Gasteiger partial charge in [0.1, 0.15) is 0 Å². The molecular formula is C18H18N2O4S2. The molecule has 0 amide bonds. The van der Waals surface area contributed by atoms with Gasteiger partial charge in [-0.05, 0) is 54.4 Å². The van der Waals surface area contributed by atoms with Crippen molar-refractivity contribution in [1.29, 1.82) is 0 Å². The Kier molecular flexibility index (Phi) is 5.33. The summed E-state index contributed by atoms with van der Waals surface area (Å²) in [4.78, 5) is 23.1. The number of Topliss-reactive ketones (excluding diaryl/α,β-unsaturated/α-hetero) is 1. The number of carbonyl (C=O) groups is 2. The van der Waals surface area contributed by atoms with E-state index in [1.807, 2.05) is 0 Å². The highest BCUT2D eigenvalue weighted by Crippen LogP contribution is 2.26. The maximum Gasteiger partial charge on any atom is 0.261 e. The van der Waals surface area contributed by atoms with Gasteiger partial charge in [0.2, 0.25) is 0 Å². The maximum atomic E-state index is 12.6. The zero-order valence-corrected chi connectivity index (χ0v) is 15.7. The van der Waals surface area contributed by atoms with Crippen LogP contribution in [0.1, 0.15) is 22.8 Å². The van der Waals surface area contributed by atoms with E-state index in [4.69, 9.17) is 0 Å². The number of thioether (sulfide) groups is 1. The molecule has 8 heteroatoms. The smallest absolute Gasteiger partial charge is 0.261 e. The third kappa shape index (κ3) is 4.25. The summed E-state index contributed by atoms with van der Waals surface area (Å²) in [5.74, 6) is -0.102. The number of hydrogen-bond acceptors (Lipinski definition) is 6. The number of rotatable bonds is 6. The highest BCUT2D eigenvalue weighted by atomic mass is 32.2. The Hall–Kier alpha value is -2.32. The largest absolute Gasteiger partial charge is 0.384 e. The fourth-order valence-corrected chi connectivity index (χ4v) is 4.25. The van der Waals surface area contributed by atoms with E-state index >= 15 is 0 Å². The van der Waals surface area contributed by atoms with Gasteiger partial charge < -0.3 is 5.32 Å². The highest BCUT2D eigenvalue weighted by molar-refractivity contribution is 8.14. The van der Waals surface area contributed by atoms with Crippen molar-refractivity contribution < 1.29 is 18.0 Å². The molecular weight excluding hydrogens is 372 g/mol. The molecule has 0 fully saturated rings. The van der Waals surface area contributed by atoms with Gasteiger partial charge in [0.05, 0.1) is 10.6 Å². The lowest BCUT2D eigenvalue weighted by Crippen LogP contribution is -2.13. The van der Waals surface area contributed by atoms with Gasteiger partial charge in [-0.2, -0.15) is 0 Å². The van der Waals surface area contributed by atoms with Crippen LogP contribution in [-0.2, 0) is 21.2 Å². The van der Waals surface area contributed by atoms with E-state index < -0.39 is 10.0 Å². The second-order valence-electron chi connectivity index (χ2n) is 5.88. The number of fused-ring (bicyclic) bond motifs is 1. The summed E-state index contributed by atoms with van der Waals surface area (Å²) in [7, 11) is -3.70. The lowest BCUT2D eigenvalue weighted by Gasteiger charge is -2.10. The summed E-state index contributed by atoms with van der Waals surface area (Å²) in [6, 6.07) is 11.2. The Bertz CT molecular complexity index is 954. The minimum atomic E-state index is -3.70. The van der Waals surface area contributed by atoms with E-state index in [-0.39, 0.29) is 21.5 Å². The SMILES string of the molecule is CC(=O)SCC(=O)c1ccc(NS(=O)(=O)c2ccc3c(c2)CCN3)cc1. The summed E-state index contributed by atoms with van der Waals surface area (Å²) < 4.78 is 27.6. The Labute approximate surface area is 156 Å². The normalized spacial score (nSPS) is 13.0. The van der Waals surface area contributed by atoms with E-state index in [0.717, 1.165) is 36.0 Å². The lowest BCUT2D eigenvalue weighted by atomic mass is 10.1. The maximum absolute atomic E-state index is 12.6. The fourth-order valence-electron chi connectivity index (χ4n) is 2.64. The quantitative estimate of drug-likeness (QED) is 0.737. The molecule has 2 aromatic carbocycles. The summed E-state index contributed by atoms with van der Waals surface area (Å²) in [6.45, 7) is 2.22. The Balaban J connectivity index is 1.72. The monoisotopic (exact) mass is 390 g/mol. The number of carbonyl (C=O) groups excluding carboxylic acids is 2.